The molecule has 0 aromatic heterocycles. The summed E-state index contributed by atoms with van der Waals surface area (Å²) < 4.78 is 22.6. The van der Waals surface area contributed by atoms with Crippen LogP contribution in [-0.4, -0.2) is 38.2 Å². The molecule has 0 radical (unpaired) electrons. The molecule has 1 rings (SSSR count). The van der Waals surface area contributed by atoms with Crippen molar-refractivity contribution >= 4 is 23.7 Å². The minimum Gasteiger partial charge on any atom is -0.465 e. The van der Waals surface area contributed by atoms with Crippen molar-refractivity contribution in [1.29, 1.82) is 0 Å². The fraction of sp³-hybridized carbons (Fsp3) is 0.438. The lowest BCUT2D eigenvalue weighted by atomic mass is 10.0. The van der Waals surface area contributed by atoms with Crippen LogP contribution in [0.25, 0.3) is 0 Å². The van der Waals surface area contributed by atoms with Crippen LogP contribution in [0.15, 0.2) is 18.2 Å². The maximum atomic E-state index is 13.6. The van der Waals surface area contributed by atoms with E-state index in [1.165, 1.54) is 19.2 Å². The molecule has 8 heteroatoms. The number of carbonyl (C=O) groups is 3. The van der Waals surface area contributed by atoms with Gasteiger partial charge in [0.2, 0.25) is 5.91 Å². The number of rotatable bonds is 6. The molecule has 0 saturated carbocycles. The van der Waals surface area contributed by atoms with E-state index in [-0.39, 0.29) is 17.2 Å². The lowest BCUT2D eigenvalue weighted by molar-refractivity contribution is -0.118. The summed E-state index contributed by atoms with van der Waals surface area (Å²) >= 11 is 0. The number of carbonyl (C=O) groups excluding carboxylic acids is 3. The second-order valence-corrected chi connectivity index (χ2v) is 5.49. The molecule has 0 aliphatic heterocycles. The van der Waals surface area contributed by atoms with Crippen molar-refractivity contribution in [2.24, 2.45) is 5.92 Å². The Balaban J connectivity index is 2.93. The Hall–Kier alpha value is -2.64. The van der Waals surface area contributed by atoms with Crippen LogP contribution in [-0.2, 0) is 14.3 Å². The van der Waals surface area contributed by atoms with Gasteiger partial charge in [-0.2, -0.15) is 0 Å². The lowest BCUT2D eigenvalue weighted by Gasteiger charge is -2.19. The zero-order valence-corrected chi connectivity index (χ0v) is 14.0. The SMILES string of the molecule is COC(=O)N[C@H](CC(C)C)C(=O)Nc1ccc(F)c(C(=O)OC)c1. The lowest BCUT2D eigenvalue weighted by Crippen LogP contribution is -2.44. The van der Waals surface area contributed by atoms with Crippen LogP contribution in [0.3, 0.4) is 0 Å². The number of alkyl carbamates (subject to hydrolysis) is 1. The first kappa shape index (κ1) is 19.4. The van der Waals surface area contributed by atoms with Gasteiger partial charge in [-0.1, -0.05) is 13.8 Å². The van der Waals surface area contributed by atoms with E-state index in [9.17, 15) is 18.8 Å². The smallest absolute Gasteiger partial charge is 0.407 e. The summed E-state index contributed by atoms with van der Waals surface area (Å²) in [6.45, 7) is 3.79. The first-order valence-corrected chi connectivity index (χ1v) is 7.31. The maximum absolute atomic E-state index is 13.6. The summed E-state index contributed by atoms with van der Waals surface area (Å²) in [5, 5.41) is 4.98. The fourth-order valence-electron chi connectivity index (χ4n) is 2.00. The second-order valence-electron chi connectivity index (χ2n) is 5.49. The molecule has 2 N–H and O–H groups in total. The van der Waals surface area contributed by atoms with Gasteiger partial charge in [0.15, 0.2) is 0 Å². The standard InChI is InChI=1S/C16H21FN2O5/c1-9(2)7-13(19-16(22)24-4)14(20)18-10-5-6-12(17)11(8-10)15(21)23-3/h5-6,8-9,13H,7H2,1-4H3,(H,18,20)(H,19,22)/t13-/m1/s1. The third kappa shape index (κ3) is 5.53. The van der Waals surface area contributed by atoms with Gasteiger partial charge in [0.1, 0.15) is 11.9 Å². The number of anilines is 1. The average molecular weight is 340 g/mol. The third-order valence-corrected chi connectivity index (χ3v) is 3.14. The number of esters is 1. The number of hydrogen-bond acceptors (Lipinski definition) is 5. The Labute approximate surface area is 139 Å². The average Bonchev–Trinajstić information content (AvgIpc) is 2.54. The van der Waals surface area contributed by atoms with Gasteiger partial charge in [-0.25, -0.2) is 14.0 Å². The van der Waals surface area contributed by atoms with Crippen molar-refractivity contribution < 1.29 is 28.2 Å². The van der Waals surface area contributed by atoms with Gasteiger partial charge in [0, 0.05) is 5.69 Å². The van der Waals surface area contributed by atoms with Crippen molar-refractivity contribution in [3.63, 3.8) is 0 Å². The van der Waals surface area contributed by atoms with Gasteiger partial charge in [-0.05, 0) is 30.5 Å². The van der Waals surface area contributed by atoms with E-state index in [0.29, 0.717) is 6.42 Å². The van der Waals surface area contributed by atoms with Crippen LogP contribution < -0.4 is 10.6 Å². The number of amides is 2. The summed E-state index contributed by atoms with van der Waals surface area (Å²) in [5.41, 5.74) is -0.0844. The molecular weight excluding hydrogens is 319 g/mol. The minimum atomic E-state index is -0.852. The number of benzene rings is 1. The molecule has 0 aliphatic carbocycles. The third-order valence-electron chi connectivity index (χ3n) is 3.14. The van der Waals surface area contributed by atoms with Crippen molar-refractivity contribution in [2.45, 2.75) is 26.3 Å². The number of nitrogens with one attached hydrogen (secondary N) is 2. The zero-order chi connectivity index (χ0) is 18.3. The zero-order valence-electron chi connectivity index (χ0n) is 14.0. The normalized spacial score (nSPS) is 11.6. The molecule has 0 heterocycles. The molecule has 0 spiro atoms. The molecule has 1 aromatic rings. The molecule has 0 unspecified atom stereocenters. The molecule has 1 atom stereocenters. The summed E-state index contributed by atoms with van der Waals surface area (Å²) in [6, 6.07) is 2.70. The first-order valence-electron chi connectivity index (χ1n) is 7.31. The van der Waals surface area contributed by atoms with Crippen LogP contribution in [0.5, 0.6) is 0 Å². The summed E-state index contributed by atoms with van der Waals surface area (Å²) in [4.78, 5) is 35.2. The van der Waals surface area contributed by atoms with E-state index in [1.807, 2.05) is 13.8 Å². The van der Waals surface area contributed by atoms with Crippen LogP contribution >= 0.6 is 0 Å². The Kier molecular flexibility index (Phi) is 7.16. The monoisotopic (exact) mass is 340 g/mol. The van der Waals surface area contributed by atoms with Gasteiger partial charge >= 0.3 is 12.1 Å². The molecule has 24 heavy (non-hydrogen) atoms. The van der Waals surface area contributed by atoms with E-state index in [4.69, 9.17) is 0 Å². The molecule has 7 nitrogen and oxygen atoms in total. The molecule has 1 aromatic carbocycles. The van der Waals surface area contributed by atoms with E-state index < -0.39 is 29.8 Å². The van der Waals surface area contributed by atoms with E-state index in [2.05, 4.69) is 20.1 Å². The molecule has 2 amide bonds. The Morgan fingerprint density at radius 2 is 1.83 bits per heavy atom. The predicted molar refractivity (Wildman–Crippen MR) is 85.2 cm³/mol. The van der Waals surface area contributed by atoms with Crippen LogP contribution in [0.1, 0.15) is 30.6 Å². The van der Waals surface area contributed by atoms with Gasteiger partial charge in [-0.15, -0.1) is 0 Å². The highest BCUT2D eigenvalue weighted by molar-refractivity contribution is 5.98. The predicted octanol–water partition coefficient (Wildman–Crippen LogP) is 2.32. The van der Waals surface area contributed by atoms with E-state index in [1.54, 1.807) is 0 Å². The molecule has 0 fully saturated rings. The minimum absolute atomic E-state index is 0.136. The maximum Gasteiger partial charge on any atom is 0.407 e. The molecule has 0 aliphatic rings. The summed E-state index contributed by atoms with van der Waals surface area (Å²) in [7, 11) is 2.33. The number of halogens is 1. The van der Waals surface area contributed by atoms with Gasteiger partial charge in [0.25, 0.3) is 0 Å². The Morgan fingerprint density at radius 1 is 1.17 bits per heavy atom. The molecule has 132 valence electrons. The second kappa shape index (κ2) is 8.85. The molecular formula is C16H21FN2O5. The Bertz CT molecular complexity index is 618. The number of ether oxygens (including phenoxy) is 2. The van der Waals surface area contributed by atoms with E-state index in [0.717, 1.165) is 13.2 Å². The quantitative estimate of drug-likeness (QED) is 0.775. The molecule has 0 saturated heterocycles. The van der Waals surface area contributed by atoms with Gasteiger partial charge in [0.05, 0.1) is 19.8 Å². The Morgan fingerprint density at radius 3 is 2.38 bits per heavy atom. The topological polar surface area (TPSA) is 93.7 Å². The van der Waals surface area contributed by atoms with Crippen molar-refractivity contribution in [2.75, 3.05) is 19.5 Å². The highest BCUT2D eigenvalue weighted by Crippen LogP contribution is 2.17. The number of hydrogen-bond donors (Lipinski definition) is 2. The van der Waals surface area contributed by atoms with Crippen LogP contribution in [0, 0.1) is 11.7 Å². The largest absolute Gasteiger partial charge is 0.465 e. The van der Waals surface area contributed by atoms with Crippen molar-refractivity contribution in [1.82, 2.24) is 5.32 Å². The van der Waals surface area contributed by atoms with Crippen molar-refractivity contribution in [3.05, 3.63) is 29.6 Å². The summed E-state index contributed by atoms with van der Waals surface area (Å²) in [6.07, 6.45) is -0.350. The van der Waals surface area contributed by atoms with Crippen LogP contribution in [0.4, 0.5) is 14.9 Å². The van der Waals surface area contributed by atoms with Gasteiger partial charge in [-0.3, -0.25) is 4.79 Å². The highest BCUT2D eigenvalue weighted by Gasteiger charge is 2.23. The van der Waals surface area contributed by atoms with E-state index >= 15 is 0 Å². The molecule has 0 bridgehead atoms. The van der Waals surface area contributed by atoms with Gasteiger partial charge < -0.3 is 20.1 Å². The summed E-state index contributed by atoms with van der Waals surface area (Å²) in [5.74, 6) is -1.98. The number of methoxy groups -OCH3 is 2. The fourth-order valence-corrected chi connectivity index (χ4v) is 2.00. The highest BCUT2D eigenvalue weighted by atomic mass is 19.1. The van der Waals surface area contributed by atoms with Crippen molar-refractivity contribution in [3.8, 4) is 0 Å². The first-order chi connectivity index (χ1) is 11.3. The van der Waals surface area contributed by atoms with Crippen LogP contribution in [0.2, 0.25) is 0 Å².